The summed E-state index contributed by atoms with van der Waals surface area (Å²) in [5.74, 6) is -0.143. The second-order valence-electron chi connectivity index (χ2n) is 14.4. The lowest BCUT2D eigenvalue weighted by Crippen LogP contribution is -2.38. The lowest BCUT2D eigenvalue weighted by molar-refractivity contribution is -0.173. The van der Waals surface area contributed by atoms with Gasteiger partial charge in [0.1, 0.15) is 0 Å². The molecular weight excluding hydrogens is 494 g/mol. The van der Waals surface area contributed by atoms with Crippen molar-refractivity contribution < 1.29 is 14.3 Å². The highest BCUT2D eigenvalue weighted by molar-refractivity contribution is 5.79. The molecule has 0 bridgehead atoms. The number of carbonyl (C=O) groups excluding carboxylic acids is 1. The van der Waals surface area contributed by atoms with E-state index in [0.717, 1.165) is 32.1 Å². The van der Waals surface area contributed by atoms with Crippen molar-refractivity contribution in [1.29, 1.82) is 0 Å². The van der Waals surface area contributed by atoms with E-state index in [0.29, 0.717) is 30.6 Å². The number of rotatable bonds is 27. The molecule has 4 nitrogen and oxygen atoms in total. The average molecular weight is 566 g/mol. The topological polar surface area (TPSA) is 47.6 Å². The number of allylic oxidation sites excluding steroid dienone is 1. The summed E-state index contributed by atoms with van der Waals surface area (Å²) in [6.45, 7) is 17.9. The fourth-order valence-electron chi connectivity index (χ4n) is 4.82. The summed E-state index contributed by atoms with van der Waals surface area (Å²) >= 11 is 0. The van der Waals surface area contributed by atoms with Gasteiger partial charge in [-0.3, -0.25) is 4.79 Å². The first-order valence-corrected chi connectivity index (χ1v) is 17.2. The number of amides is 1. The SMILES string of the molecule is CCCCCC=CCNC(=O)C(OCCCCCCCCCC(C)(C)C)OCCCCCCCCCC(C)(C)C. The van der Waals surface area contributed by atoms with Crippen LogP contribution in [0.3, 0.4) is 0 Å². The van der Waals surface area contributed by atoms with Gasteiger partial charge in [0.05, 0.1) is 13.2 Å². The van der Waals surface area contributed by atoms with Gasteiger partial charge >= 0.3 is 0 Å². The molecule has 0 aromatic carbocycles. The van der Waals surface area contributed by atoms with Gasteiger partial charge in [0, 0.05) is 6.54 Å². The van der Waals surface area contributed by atoms with Crippen LogP contribution in [0, 0.1) is 10.8 Å². The van der Waals surface area contributed by atoms with Gasteiger partial charge in [-0.05, 0) is 49.4 Å². The van der Waals surface area contributed by atoms with Gasteiger partial charge < -0.3 is 14.8 Å². The highest BCUT2D eigenvalue weighted by Crippen LogP contribution is 2.23. The third-order valence-corrected chi connectivity index (χ3v) is 7.43. The van der Waals surface area contributed by atoms with Gasteiger partial charge in [-0.25, -0.2) is 0 Å². The largest absolute Gasteiger partial charge is 0.348 e. The Morgan fingerprint density at radius 2 is 1.02 bits per heavy atom. The van der Waals surface area contributed by atoms with E-state index in [1.165, 1.54) is 96.3 Å². The normalized spacial score (nSPS) is 12.6. The molecule has 0 aliphatic carbocycles. The number of carbonyl (C=O) groups is 1. The van der Waals surface area contributed by atoms with Crippen molar-refractivity contribution in [3.8, 4) is 0 Å². The van der Waals surface area contributed by atoms with Crippen molar-refractivity contribution in [2.75, 3.05) is 19.8 Å². The highest BCUT2D eigenvalue weighted by atomic mass is 16.7. The van der Waals surface area contributed by atoms with Gasteiger partial charge in [0.25, 0.3) is 5.91 Å². The Morgan fingerprint density at radius 3 is 1.45 bits per heavy atom. The third-order valence-electron chi connectivity index (χ3n) is 7.43. The van der Waals surface area contributed by atoms with Crippen molar-refractivity contribution in [2.45, 2.75) is 183 Å². The first kappa shape index (κ1) is 39.1. The quantitative estimate of drug-likeness (QED) is 0.0612. The van der Waals surface area contributed by atoms with Gasteiger partial charge in [0.2, 0.25) is 6.29 Å². The zero-order valence-electron chi connectivity index (χ0n) is 28.2. The van der Waals surface area contributed by atoms with Crippen molar-refractivity contribution >= 4 is 5.91 Å². The molecule has 0 atom stereocenters. The monoisotopic (exact) mass is 566 g/mol. The van der Waals surface area contributed by atoms with E-state index in [1.54, 1.807) is 0 Å². The first-order valence-electron chi connectivity index (χ1n) is 17.2. The van der Waals surface area contributed by atoms with Crippen LogP contribution < -0.4 is 5.32 Å². The zero-order chi connectivity index (χ0) is 30.0. The molecular formula is C36H71NO3. The predicted molar refractivity (Wildman–Crippen MR) is 175 cm³/mol. The second kappa shape index (κ2) is 25.8. The van der Waals surface area contributed by atoms with E-state index < -0.39 is 6.29 Å². The van der Waals surface area contributed by atoms with E-state index in [9.17, 15) is 4.79 Å². The van der Waals surface area contributed by atoms with Crippen molar-refractivity contribution in [3.05, 3.63) is 12.2 Å². The third kappa shape index (κ3) is 30.1. The van der Waals surface area contributed by atoms with Crippen LogP contribution in [0.1, 0.15) is 177 Å². The summed E-state index contributed by atoms with van der Waals surface area (Å²) in [5.41, 5.74) is 0.914. The maximum Gasteiger partial charge on any atom is 0.277 e. The molecule has 4 heteroatoms. The molecule has 0 rings (SSSR count). The van der Waals surface area contributed by atoms with Crippen LogP contribution in [0.5, 0.6) is 0 Å². The molecule has 0 aliphatic heterocycles. The van der Waals surface area contributed by atoms with Crippen molar-refractivity contribution in [1.82, 2.24) is 5.32 Å². The smallest absolute Gasteiger partial charge is 0.277 e. The van der Waals surface area contributed by atoms with Gasteiger partial charge in [-0.1, -0.05) is 151 Å². The second-order valence-corrected chi connectivity index (χ2v) is 14.4. The molecule has 0 spiro atoms. The average Bonchev–Trinajstić information content (AvgIpc) is 2.87. The van der Waals surface area contributed by atoms with Crippen LogP contribution in [0.2, 0.25) is 0 Å². The van der Waals surface area contributed by atoms with E-state index >= 15 is 0 Å². The number of hydrogen-bond acceptors (Lipinski definition) is 3. The Kier molecular flexibility index (Phi) is 25.2. The number of hydrogen-bond donors (Lipinski definition) is 1. The minimum absolute atomic E-state index is 0.143. The zero-order valence-corrected chi connectivity index (χ0v) is 28.2. The standard InChI is InChI=1S/C36H71NO3/c1-8-9-10-11-20-25-30-37-33(38)34(39-31-26-21-16-12-14-18-23-28-35(2,3)4)40-32-27-22-17-13-15-19-24-29-36(5,6)7/h20,25,34H,8-19,21-24,26-32H2,1-7H3,(H,37,38). The molecule has 0 saturated carbocycles. The molecule has 0 aromatic heterocycles. The maximum atomic E-state index is 12.8. The molecule has 0 aromatic rings. The lowest BCUT2D eigenvalue weighted by atomic mass is 9.89. The minimum Gasteiger partial charge on any atom is -0.348 e. The van der Waals surface area contributed by atoms with Crippen molar-refractivity contribution in [3.63, 3.8) is 0 Å². The maximum absolute atomic E-state index is 12.8. The highest BCUT2D eigenvalue weighted by Gasteiger charge is 2.19. The Labute approximate surface area is 251 Å². The Morgan fingerprint density at radius 1 is 0.600 bits per heavy atom. The molecule has 0 fully saturated rings. The molecule has 1 N–H and O–H groups in total. The molecule has 0 aliphatic rings. The van der Waals surface area contributed by atoms with Crippen LogP contribution >= 0.6 is 0 Å². The van der Waals surface area contributed by atoms with E-state index in [2.05, 4.69) is 59.9 Å². The van der Waals surface area contributed by atoms with Gasteiger partial charge in [-0.15, -0.1) is 0 Å². The fourth-order valence-corrected chi connectivity index (χ4v) is 4.82. The fraction of sp³-hybridized carbons (Fsp3) is 0.917. The Hall–Kier alpha value is -0.870. The van der Waals surface area contributed by atoms with E-state index in [-0.39, 0.29) is 5.91 Å². The number of unbranched alkanes of at least 4 members (excludes halogenated alkanes) is 15. The summed E-state index contributed by atoms with van der Waals surface area (Å²) in [6, 6.07) is 0. The Balaban J connectivity index is 4.16. The first-order chi connectivity index (χ1) is 19.0. The number of nitrogens with one attached hydrogen (secondary N) is 1. The van der Waals surface area contributed by atoms with Crippen LogP contribution in [-0.2, 0) is 14.3 Å². The molecule has 0 saturated heterocycles. The van der Waals surface area contributed by atoms with E-state index in [4.69, 9.17) is 9.47 Å². The van der Waals surface area contributed by atoms with Crippen LogP contribution in [0.25, 0.3) is 0 Å². The molecule has 1 amide bonds. The van der Waals surface area contributed by atoms with Crippen LogP contribution in [0.4, 0.5) is 0 Å². The molecule has 238 valence electrons. The lowest BCUT2D eigenvalue weighted by Gasteiger charge is -2.18. The van der Waals surface area contributed by atoms with Crippen LogP contribution in [-0.4, -0.2) is 32.0 Å². The molecule has 0 radical (unpaired) electrons. The summed E-state index contributed by atoms with van der Waals surface area (Å²) in [5, 5.41) is 2.98. The van der Waals surface area contributed by atoms with Crippen molar-refractivity contribution in [2.24, 2.45) is 10.8 Å². The summed E-state index contributed by atoms with van der Waals surface area (Å²) in [4.78, 5) is 12.8. The minimum atomic E-state index is -0.789. The van der Waals surface area contributed by atoms with Crippen LogP contribution in [0.15, 0.2) is 12.2 Å². The molecule has 0 heterocycles. The Bertz CT molecular complexity index is 554. The van der Waals surface area contributed by atoms with Gasteiger partial charge in [0.15, 0.2) is 0 Å². The number of ether oxygens (including phenoxy) is 2. The van der Waals surface area contributed by atoms with Gasteiger partial charge in [-0.2, -0.15) is 0 Å². The summed E-state index contributed by atoms with van der Waals surface area (Å²) in [7, 11) is 0. The van der Waals surface area contributed by atoms with E-state index in [1.807, 2.05) is 6.08 Å². The molecule has 0 unspecified atom stereocenters. The summed E-state index contributed by atoms with van der Waals surface area (Å²) in [6.07, 6.45) is 28.2. The molecule has 40 heavy (non-hydrogen) atoms. The predicted octanol–water partition coefficient (Wildman–Crippen LogP) is 10.9. The summed E-state index contributed by atoms with van der Waals surface area (Å²) < 4.78 is 11.9.